The number of carboxylic acids is 1. The molecule has 0 spiro atoms. The predicted molar refractivity (Wildman–Crippen MR) is 99.2 cm³/mol. The van der Waals surface area contributed by atoms with E-state index in [1.54, 1.807) is 11.8 Å². The number of nitrogens with zero attached hydrogens (tertiary/aromatic N) is 1. The molecule has 132 valence electrons. The molecule has 3 rings (SSSR count). The second-order valence-corrected chi connectivity index (χ2v) is 7.61. The summed E-state index contributed by atoms with van der Waals surface area (Å²) in [5, 5.41) is 12.3. The number of carbonyl (C=O) groups is 2. The van der Waals surface area contributed by atoms with Gasteiger partial charge in [-0.1, -0.05) is 30.3 Å². The van der Waals surface area contributed by atoms with E-state index >= 15 is 0 Å². The van der Waals surface area contributed by atoms with Crippen molar-refractivity contribution in [3.63, 3.8) is 0 Å². The number of carbonyl (C=O) groups excluding carboxylic acids is 1. The van der Waals surface area contributed by atoms with Crippen LogP contribution in [0.25, 0.3) is 0 Å². The van der Waals surface area contributed by atoms with Crippen LogP contribution in [0.1, 0.15) is 33.7 Å². The molecule has 1 aromatic carbocycles. The van der Waals surface area contributed by atoms with Gasteiger partial charge in [0, 0.05) is 23.7 Å². The van der Waals surface area contributed by atoms with Gasteiger partial charge in [-0.3, -0.25) is 4.79 Å². The van der Waals surface area contributed by atoms with Gasteiger partial charge in [0.2, 0.25) is 0 Å². The highest BCUT2D eigenvalue weighted by molar-refractivity contribution is 7.99. The van der Waals surface area contributed by atoms with Crippen LogP contribution < -0.4 is 5.32 Å². The molecule has 1 fully saturated rings. The molecule has 1 amide bonds. The van der Waals surface area contributed by atoms with Gasteiger partial charge in [0.1, 0.15) is 5.54 Å². The number of hydrogen-bond donors (Lipinski definition) is 2. The Labute approximate surface area is 151 Å². The Morgan fingerprint density at radius 1 is 1.28 bits per heavy atom. The Morgan fingerprint density at radius 3 is 2.60 bits per heavy atom. The fourth-order valence-corrected chi connectivity index (χ4v) is 4.54. The number of amides is 1. The van der Waals surface area contributed by atoms with E-state index in [0.717, 1.165) is 22.7 Å². The van der Waals surface area contributed by atoms with Crippen LogP contribution in [0.3, 0.4) is 0 Å². The minimum Gasteiger partial charge on any atom is -0.479 e. The maximum Gasteiger partial charge on any atom is 0.330 e. The van der Waals surface area contributed by atoms with E-state index in [4.69, 9.17) is 0 Å². The number of carboxylic acid groups (broad SMARTS) is 1. The lowest BCUT2D eigenvalue weighted by atomic mass is 9.98. The van der Waals surface area contributed by atoms with Gasteiger partial charge in [0.15, 0.2) is 0 Å². The SMILES string of the molecule is Cc1cc(C(=O)NC2(C(=O)O)CCSC2)c(C)n1Cc1ccccc1. The minimum atomic E-state index is -1.15. The normalized spacial score (nSPS) is 19.8. The molecule has 1 aromatic heterocycles. The number of rotatable bonds is 5. The molecule has 2 aromatic rings. The first-order valence-electron chi connectivity index (χ1n) is 8.27. The highest BCUT2D eigenvalue weighted by atomic mass is 32.2. The van der Waals surface area contributed by atoms with Crippen LogP contribution >= 0.6 is 11.8 Å². The van der Waals surface area contributed by atoms with Crippen molar-refractivity contribution in [1.29, 1.82) is 0 Å². The van der Waals surface area contributed by atoms with Crippen LogP contribution in [0.15, 0.2) is 36.4 Å². The number of hydrogen-bond acceptors (Lipinski definition) is 3. The molecule has 1 atom stereocenters. The van der Waals surface area contributed by atoms with Gasteiger partial charge in [-0.05, 0) is 37.7 Å². The van der Waals surface area contributed by atoms with Gasteiger partial charge < -0.3 is 15.0 Å². The lowest BCUT2D eigenvalue weighted by molar-refractivity contribution is -0.143. The van der Waals surface area contributed by atoms with E-state index in [-0.39, 0.29) is 5.91 Å². The summed E-state index contributed by atoms with van der Waals surface area (Å²) < 4.78 is 2.08. The largest absolute Gasteiger partial charge is 0.479 e. The summed E-state index contributed by atoms with van der Waals surface area (Å²) in [6.45, 7) is 4.55. The molecule has 1 aliphatic heterocycles. The zero-order valence-electron chi connectivity index (χ0n) is 14.4. The maximum atomic E-state index is 12.8. The van der Waals surface area contributed by atoms with Gasteiger partial charge in [-0.15, -0.1) is 0 Å². The van der Waals surface area contributed by atoms with Gasteiger partial charge in [0.05, 0.1) is 5.56 Å². The Bertz CT molecular complexity index is 793. The molecule has 1 unspecified atom stereocenters. The fraction of sp³-hybridized carbons (Fsp3) is 0.368. The molecule has 6 heteroatoms. The van der Waals surface area contributed by atoms with E-state index in [2.05, 4.69) is 9.88 Å². The number of thioether (sulfide) groups is 1. The molecule has 0 saturated carbocycles. The summed E-state index contributed by atoms with van der Waals surface area (Å²) in [6, 6.07) is 11.9. The lowest BCUT2D eigenvalue weighted by Crippen LogP contribution is -2.54. The molecule has 0 bridgehead atoms. The van der Waals surface area contributed by atoms with Crippen molar-refractivity contribution in [2.45, 2.75) is 32.4 Å². The highest BCUT2D eigenvalue weighted by Gasteiger charge is 2.43. The predicted octanol–water partition coefficient (Wildman–Crippen LogP) is 2.84. The Kier molecular flexibility index (Phi) is 4.90. The first-order valence-corrected chi connectivity index (χ1v) is 9.43. The lowest BCUT2D eigenvalue weighted by Gasteiger charge is -2.24. The fourth-order valence-electron chi connectivity index (χ4n) is 3.21. The summed E-state index contributed by atoms with van der Waals surface area (Å²) in [7, 11) is 0. The Morgan fingerprint density at radius 2 is 2.00 bits per heavy atom. The van der Waals surface area contributed by atoms with E-state index in [9.17, 15) is 14.7 Å². The molecule has 25 heavy (non-hydrogen) atoms. The van der Waals surface area contributed by atoms with Crippen LogP contribution in [0.5, 0.6) is 0 Å². The van der Waals surface area contributed by atoms with Crippen molar-refractivity contribution < 1.29 is 14.7 Å². The molecule has 0 aliphatic carbocycles. The van der Waals surface area contributed by atoms with E-state index < -0.39 is 11.5 Å². The van der Waals surface area contributed by atoms with E-state index in [1.165, 1.54) is 0 Å². The van der Waals surface area contributed by atoms with Gasteiger partial charge >= 0.3 is 5.97 Å². The average Bonchev–Trinajstić information content (AvgIpc) is 3.17. The quantitative estimate of drug-likeness (QED) is 0.862. The second-order valence-electron chi connectivity index (χ2n) is 6.50. The highest BCUT2D eigenvalue weighted by Crippen LogP contribution is 2.29. The van der Waals surface area contributed by atoms with Crippen molar-refractivity contribution in [3.8, 4) is 0 Å². The van der Waals surface area contributed by atoms with Gasteiger partial charge in [0.25, 0.3) is 5.91 Å². The monoisotopic (exact) mass is 358 g/mol. The van der Waals surface area contributed by atoms with Gasteiger partial charge in [-0.2, -0.15) is 11.8 Å². The topological polar surface area (TPSA) is 71.3 Å². The molecular weight excluding hydrogens is 336 g/mol. The van der Waals surface area contributed by atoms with E-state index in [1.807, 2.05) is 50.2 Å². The third kappa shape index (κ3) is 3.44. The molecule has 2 N–H and O–H groups in total. The smallest absolute Gasteiger partial charge is 0.330 e. The molecule has 0 radical (unpaired) electrons. The van der Waals surface area contributed by atoms with Crippen LogP contribution in [0.4, 0.5) is 0 Å². The van der Waals surface area contributed by atoms with Crippen LogP contribution in [-0.4, -0.2) is 38.6 Å². The summed E-state index contributed by atoms with van der Waals surface area (Å²) in [5.74, 6) is -0.0996. The van der Waals surface area contributed by atoms with Crippen molar-refractivity contribution in [2.75, 3.05) is 11.5 Å². The van der Waals surface area contributed by atoms with Gasteiger partial charge in [-0.25, -0.2) is 4.79 Å². The second kappa shape index (κ2) is 6.96. The Balaban J connectivity index is 1.84. The number of aromatic nitrogens is 1. The molecule has 5 nitrogen and oxygen atoms in total. The number of nitrogens with one attached hydrogen (secondary N) is 1. The molecule has 1 aliphatic rings. The van der Waals surface area contributed by atoms with E-state index in [0.29, 0.717) is 24.3 Å². The number of benzene rings is 1. The maximum absolute atomic E-state index is 12.8. The van der Waals surface area contributed by atoms with Crippen molar-refractivity contribution in [3.05, 3.63) is 58.9 Å². The minimum absolute atomic E-state index is 0.308. The summed E-state index contributed by atoms with van der Waals surface area (Å²) in [4.78, 5) is 24.4. The van der Waals surface area contributed by atoms with Crippen LogP contribution in [-0.2, 0) is 11.3 Å². The summed E-state index contributed by atoms with van der Waals surface area (Å²) >= 11 is 1.56. The van der Waals surface area contributed by atoms with Crippen LogP contribution in [0, 0.1) is 13.8 Å². The third-order valence-corrected chi connectivity index (χ3v) is 5.98. The summed E-state index contributed by atoms with van der Waals surface area (Å²) in [5.41, 5.74) is 2.39. The summed E-state index contributed by atoms with van der Waals surface area (Å²) in [6.07, 6.45) is 0.460. The van der Waals surface area contributed by atoms with Crippen molar-refractivity contribution >= 4 is 23.6 Å². The first-order chi connectivity index (χ1) is 11.9. The zero-order chi connectivity index (χ0) is 18.0. The van der Waals surface area contributed by atoms with Crippen molar-refractivity contribution in [2.24, 2.45) is 0 Å². The molecule has 1 saturated heterocycles. The molecular formula is C19H22N2O3S. The van der Waals surface area contributed by atoms with Crippen LogP contribution in [0.2, 0.25) is 0 Å². The first kappa shape index (κ1) is 17.6. The van der Waals surface area contributed by atoms with Crippen molar-refractivity contribution in [1.82, 2.24) is 9.88 Å². The average molecular weight is 358 g/mol. The molecule has 2 heterocycles. The zero-order valence-corrected chi connectivity index (χ0v) is 15.2. The standard InChI is InChI=1S/C19H22N2O3S/c1-13-10-16(14(2)21(13)11-15-6-4-3-5-7-15)17(22)20-19(18(23)24)8-9-25-12-19/h3-7,10H,8-9,11-12H2,1-2H3,(H,20,22)(H,23,24). The Hall–Kier alpha value is -2.21. The third-order valence-electron chi connectivity index (χ3n) is 4.79. The number of aliphatic carboxylic acids is 1. The number of aryl methyl sites for hydroxylation is 1.